The van der Waals surface area contributed by atoms with Crippen molar-refractivity contribution in [2.24, 2.45) is 0 Å². The minimum Gasteiger partial charge on any atom is -0.367 e. The zero-order chi connectivity index (χ0) is 13.1. The highest BCUT2D eigenvalue weighted by Gasteiger charge is 2.20. The third-order valence-electron chi connectivity index (χ3n) is 3.00. The Balaban J connectivity index is 1.55. The molecule has 1 fully saturated rings. The molecule has 0 saturated heterocycles. The molecule has 0 aromatic carbocycles. The fraction of sp³-hybridized carbons (Fsp3) is 0.286. The number of amides is 1. The van der Waals surface area contributed by atoms with Crippen LogP contribution in [0.2, 0.25) is 0 Å². The van der Waals surface area contributed by atoms with Crippen LogP contribution in [0.5, 0.6) is 0 Å². The number of hydrogen-bond acceptors (Lipinski definition) is 3. The summed E-state index contributed by atoms with van der Waals surface area (Å²) in [4.78, 5) is 19.0. The highest BCUT2D eigenvalue weighted by Crippen LogP contribution is 2.23. The Kier molecular flexibility index (Phi) is 3.18. The molecule has 1 amide bonds. The number of nitrogens with one attached hydrogen (secondary N) is 3. The molecular formula is C14H16N4O. The number of rotatable bonds is 5. The molecule has 3 N–H and O–H groups in total. The lowest BCUT2D eigenvalue weighted by molar-refractivity contribution is -0.115. The molecule has 19 heavy (non-hydrogen) atoms. The lowest BCUT2D eigenvalue weighted by Gasteiger charge is -2.06. The smallest absolute Gasteiger partial charge is 0.228 e. The number of hydrogen-bond donors (Lipinski definition) is 3. The molecule has 0 atom stereocenters. The third kappa shape index (κ3) is 3.34. The molecule has 0 aliphatic heterocycles. The summed E-state index contributed by atoms with van der Waals surface area (Å²) in [6.45, 7) is 0. The van der Waals surface area contributed by atoms with Crippen LogP contribution in [0.25, 0.3) is 0 Å². The number of aromatic nitrogens is 2. The van der Waals surface area contributed by atoms with E-state index in [-0.39, 0.29) is 5.91 Å². The zero-order valence-electron chi connectivity index (χ0n) is 10.5. The van der Waals surface area contributed by atoms with E-state index in [0.717, 1.165) is 17.1 Å². The first-order valence-corrected chi connectivity index (χ1v) is 6.44. The Morgan fingerprint density at radius 3 is 2.89 bits per heavy atom. The van der Waals surface area contributed by atoms with Crippen molar-refractivity contribution in [2.45, 2.75) is 25.3 Å². The molecule has 1 aliphatic carbocycles. The van der Waals surface area contributed by atoms with Crippen LogP contribution in [0.3, 0.4) is 0 Å². The Hall–Kier alpha value is -2.30. The van der Waals surface area contributed by atoms with E-state index in [1.165, 1.54) is 12.8 Å². The number of nitrogens with zero attached hydrogens (tertiary/aromatic N) is 1. The SMILES string of the molecule is O=C(Cc1cc[nH]c1)Nc1ccc(NC2CC2)nc1. The van der Waals surface area contributed by atoms with Gasteiger partial charge in [0, 0.05) is 18.4 Å². The van der Waals surface area contributed by atoms with Gasteiger partial charge >= 0.3 is 0 Å². The van der Waals surface area contributed by atoms with E-state index >= 15 is 0 Å². The van der Waals surface area contributed by atoms with Crippen LogP contribution in [-0.2, 0) is 11.2 Å². The molecule has 1 saturated carbocycles. The summed E-state index contributed by atoms with van der Waals surface area (Å²) in [6.07, 6.45) is 8.11. The maximum absolute atomic E-state index is 11.8. The first kappa shape index (κ1) is 11.8. The molecule has 98 valence electrons. The van der Waals surface area contributed by atoms with E-state index in [1.807, 2.05) is 30.6 Å². The Morgan fingerprint density at radius 2 is 2.26 bits per heavy atom. The molecule has 1 aliphatic rings. The number of H-pyrrole nitrogens is 1. The lowest BCUT2D eigenvalue weighted by Crippen LogP contribution is -2.14. The van der Waals surface area contributed by atoms with Gasteiger partial charge in [0.2, 0.25) is 5.91 Å². The Bertz CT molecular complexity index is 543. The number of carbonyl (C=O) groups is 1. The standard InChI is InChI=1S/C14H16N4O/c19-14(7-10-5-6-15-8-10)18-12-3-4-13(16-9-12)17-11-1-2-11/h3-6,8-9,11,15H,1-2,7H2,(H,16,17)(H,18,19). The van der Waals surface area contributed by atoms with E-state index in [2.05, 4.69) is 20.6 Å². The predicted octanol–water partition coefficient (Wildman–Crippen LogP) is 2.17. The highest BCUT2D eigenvalue weighted by molar-refractivity contribution is 5.92. The molecule has 0 bridgehead atoms. The molecule has 0 radical (unpaired) electrons. The summed E-state index contributed by atoms with van der Waals surface area (Å²) < 4.78 is 0. The van der Waals surface area contributed by atoms with Crippen LogP contribution in [0.1, 0.15) is 18.4 Å². The molecular weight excluding hydrogens is 240 g/mol. The van der Waals surface area contributed by atoms with Crippen molar-refractivity contribution in [1.82, 2.24) is 9.97 Å². The summed E-state index contributed by atoms with van der Waals surface area (Å²) in [5.41, 5.74) is 1.69. The molecule has 2 heterocycles. The molecule has 2 aromatic rings. The summed E-state index contributed by atoms with van der Waals surface area (Å²) in [5.74, 6) is 0.829. The second kappa shape index (κ2) is 5.14. The van der Waals surface area contributed by atoms with E-state index in [4.69, 9.17) is 0 Å². The van der Waals surface area contributed by atoms with Crippen molar-refractivity contribution in [3.8, 4) is 0 Å². The molecule has 0 spiro atoms. The van der Waals surface area contributed by atoms with Gasteiger partial charge in [0.15, 0.2) is 0 Å². The van der Waals surface area contributed by atoms with Crippen LogP contribution in [-0.4, -0.2) is 21.9 Å². The Morgan fingerprint density at radius 1 is 1.37 bits per heavy atom. The van der Waals surface area contributed by atoms with Gasteiger partial charge in [-0.25, -0.2) is 4.98 Å². The van der Waals surface area contributed by atoms with E-state index in [0.29, 0.717) is 12.5 Å². The van der Waals surface area contributed by atoms with Gasteiger partial charge in [0.25, 0.3) is 0 Å². The number of pyridine rings is 1. The topological polar surface area (TPSA) is 69.8 Å². The fourth-order valence-corrected chi connectivity index (χ4v) is 1.85. The fourth-order valence-electron chi connectivity index (χ4n) is 1.85. The van der Waals surface area contributed by atoms with E-state index in [1.54, 1.807) is 6.20 Å². The van der Waals surface area contributed by atoms with Gasteiger partial charge in [-0.05, 0) is 36.6 Å². The molecule has 3 rings (SSSR count). The quantitative estimate of drug-likeness (QED) is 0.767. The molecule has 5 heteroatoms. The van der Waals surface area contributed by atoms with Gasteiger partial charge < -0.3 is 15.6 Å². The van der Waals surface area contributed by atoms with Crippen molar-refractivity contribution in [1.29, 1.82) is 0 Å². The van der Waals surface area contributed by atoms with E-state index in [9.17, 15) is 4.79 Å². The van der Waals surface area contributed by atoms with Crippen molar-refractivity contribution in [2.75, 3.05) is 10.6 Å². The average molecular weight is 256 g/mol. The molecule has 2 aromatic heterocycles. The van der Waals surface area contributed by atoms with Gasteiger partial charge in [-0.1, -0.05) is 0 Å². The number of carbonyl (C=O) groups excluding carboxylic acids is 1. The largest absolute Gasteiger partial charge is 0.367 e. The maximum Gasteiger partial charge on any atom is 0.228 e. The molecule has 5 nitrogen and oxygen atoms in total. The molecule has 0 unspecified atom stereocenters. The van der Waals surface area contributed by atoms with Crippen molar-refractivity contribution < 1.29 is 4.79 Å². The number of aromatic amines is 1. The van der Waals surface area contributed by atoms with Gasteiger partial charge in [-0.2, -0.15) is 0 Å². The van der Waals surface area contributed by atoms with Gasteiger partial charge in [0.1, 0.15) is 5.82 Å². The first-order valence-electron chi connectivity index (χ1n) is 6.44. The maximum atomic E-state index is 11.8. The minimum absolute atomic E-state index is 0.0377. The average Bonchev–Trinajstić information content (AvgIpc) is 3.07. The van der Waals surface area contributed by atoms with E-state index < -0.39 is 0 Å². The van der Waals surface area contributed by atoms with Crippen LogP contribution in [0.15, 0.2) is 36.8 Å². The van der Waals surface area contributed by atoms with Gasteiger partial charge in [0.05, 0.1) is 18.3 Å². The van der Waals surface area contributed by atoms with Gasteiger partial charge in [-0.3, -0.25) is 4.79 Å². The zero-order valence-corrected chi connectivity index (χ0v) is 10.5. The summed E-state index contributed by atoms with van der Waals surface area (Å²) in [6, 6.07) is 6.23. The normalized spacial score (nSPS) is 14.1. The monoisotopic (exact) mass is 256 g/mol. The first-order chi connectivity index (χ1) is 9.29. The van der Waals surface area contributed by atoms with Crippen molar-refractivity contribution >= 4 is 17.4 Å². The summed E-state index contributed by atoms with van der Waals surface area (Å²) >= 11 is 0. The van der Waals surface area contributed by atoms with Gasteiger partial charge in [-0.15, -0.1) is 0 Å². The summed E-state index contributed by atoms with van der Waals surface area (Å²) in [5, 5.41) is 6.14. The van der Waals surface area contributed by atoms with Crippen LogP contribution >= 0.6 is 0 Å². The predicted molar refractivity (Wildman–Crippen MR) is 74.0 cm³/mol. The summed E-state index contributed by atoms with van der Waals surface area (Å²) in [7, 11) is 0. The lowest BCUT2D eigenvalue weighted by atomic mass is 10.2. The minimum atomic E-state index is -0.0377. The van der Waals surface area contributed by atoms with Crippen molar-refractivity contribution in [3.05, 3.63) is 42.4 Å². The number of anilines is 2. The van der Waals surface area contributed by atoms with Crippen LogP contribution in [0, 0.1) is 0 Å². The second-order valence-corrected chi connectivity index (χ2v) is 4.79. The third-order valence-corrected chi connectivity index (χ3v) is 3.00. The Labute approximate surface area is 111 Å². The second-order valence-electron chi connectivity index (χ2n) is 4.79. The van der Waals surface area contributed by atoms with Crippen LogP contribution in [0.4, 0.5) is 11.5 Å². The highest BCUT2D eigenvalue weighted by atomic mass is 16.1. The van der Waals surface area contributed by atoms with Crippen molar-refractivity contribution in [3.63, 3.8) is 0 Å². The van der Waals surface area contributed by atoms with Crippen LogP contribution < -0.4 is 10.6 Å².